The predicted octanol–water partition coefficient (Wildman–Crippen LogP) is 4.27. The number of methoxy groups -OCH3 is 2. The SMILES string of the molecule is COc1ccccc1CCCCc1ccccc1OC. The Morgan fingerprint density at radius 2 is 1.05 bits per heavy atom. The molecule has 0 N–H and O–H groups in total. The van der Waals surface area contributed by atoms with Gasteiger partial charge in [0.25, 0.3) is 0 Å². The fourth-order valence-electron chi connectivity index (χ4n) is 2.45. The van der Waals surface area contributed by atoms with Gasteiger partial charge in [0, 0.05) is 0 Å². The molecule has 0 aliphatic carbocycles. The van der Waals surface area contributed by atoms with Crippen molar-refractivity contribution in [3.8, 4) is 11.5 Å². The molecule has 0 unspecified atom stereocenters. The molecule has 2 rings (SSSR count). The zero-order chi connectivity index (χ0) is 14.2. The van der Waals surface area contributed by atoms with E-state index in [4.69, 9.17) is 9.47 Å². The molecule has 0 saturated heterocycles. The molecule has 0 aromatic heterocycles. The third-order valence-corrected chi connectivity index (χ3v) is 3.53. The van der Waals surface area contributed by atoms with Gasteiger partial charge in [0.1, 0.15) is 11.5 Å². The fraction of sp³-hybridized carbons (Fsp3) is 0.333. The number of para-hydroxylation sites is 2. The van der Waals surface area contributed by atoms with Crippen molar-refractivity contribution in [2.75, 3.05) is 14.2 Å². The van der Waals surface area contributed by atoms with Crippen LogP contribution in [0.4, 0.5) is 0 Å². The number of hydrogen-bond donors (Lipinski definition) is 0. The lowest BCUT2D eigenvalue weighted by atomic mass is 10.0. The summed E-state index contributed by atoms with van der Waals surface area (Å²) < 4.78 is 10.8. The zero-order valence-electron chi connectivity index (χ0n) is 12.3. The predicted molar refractivity (Wildman–Crippen MR) is 82.6 cm³/mol. The van der Waals surface area contributed by atoms with Crippen molar-refractivity contribution < 1.29 is 9.47 Å². The smallest absolute Gasteiger partial charge is 0.122 e. The Balaban J connectivity index is 1.84. The van der Waals surface area contributed by atoms with E-state index < -0.39 is 0 Å². The van der Waals surface area contributed by atoms with Crippen LogP contribution in [0, 0.1) is 0 Å². The number of hydrogen-bond acceptors (Lipinski definition) is 2. The molecule has 2 nitrogen and oxygen atoms in total. The van der Waals surface area contributed by atoms with Gasteiger partial charge in [-0.25, -0.2) is 0 Å². The van der Waals surface area contributed by atoms with Crippen molar-refractivity contribution in [2.45, 2.75) is 25.7 Å². The molecule has 0 fully saturated rings. The molecule has 106 valence electrons. The Hall–Kier alpha value is -1.96. The highest BCUT2D eigenvalue weighted by molar-refractivity contribution is 5.34. The van der Waals surface area contributed by atoms with E-state index in [2.05, 4.69) is 24.3 Å². The maximum atomic E-state index is 5.38. The molecule has 0 spiro atoms. The van der Waals surface area contributed by atoms with Crippen LogP contribution >= 0.6 is 0 Å². The second-order valence-corrected chi connectivity index (χ2v) is 4.83. The minimum Gasteiger partial charge on any atom is -0.496 e. The highest BCUT2D eigenvalue weighted by Crippen LogP contribution is 2.22. The molecule has 2 aromatic carbocycles. The third kappa shape index (κ3) is 3.77. The molecule has 0 amide bonds. The number of aryl methyl sites for hydroxylation is 2. The minimum absolute atomic E-state index is 0.991. The van der Waals surface area contributed by atoms with Crippen LogP contribution in [0.1, 0.15) is 24.0 Å². The summed E-state index contributed by atoms with van der Waals surface area (Å²) in [5.74, 6) is 1.98. The van der Waals surface area contributed by atoms with E-state index in [1.165, 1.54) is 11.1 Å². The third-order valence-electron chi connectivity index (χ3n) is 3.53. The van der Waals surface area contributed by atoms with Gasteiger partial charge in [-0.3, -0.25) is 0 Å². The Labute approximate surface area is 121 Å². The first-order valence-electron chi connectivity index (χ1n) is 7.09. The van der Waals surface area contributed by atoms with Crippen molar-refractivity contribution in [1.82, 2.24) is 0 Å². The van der Waals surface area contributed by atoms with Gasteiger partial charge < -0.3 is 9.47 Å². The molecule has 0 heterocycles. The van der Waals surface area contributed by atoms with E-state index in [1.54, 1.807) is 14.2 Å². The lowest BCUT2D eigenvalue weighted by Gasteiger charge is -2.09. The maximum absolute atomic E-state index is 5.38. The summed E-state index contributed by atoms with van der Waals surface area (Å²) in [6, 6.07) is 16.5. The van der Waals surface area contributed by atoms with E-state index in [0.29, 0.717) is 0 Å². The molecule has 2 aromatic rings. The summed E-state index contributed by atoms with van der Waals surface area (Å²) >= 11 is 0. The second kappa shape index (κ2) is 7.59. The van der Waals surface area contributed by atoms with E-state index in [1.807, 2.05) is 24.3 Å². The monoisotopic (exact) mass is 270 g/mol. The normalized spacial score (nSPS) is 10.3. The van der Waals surface area contributed by atoms with Crippen LogP contribution in [0.3, 0.4) is 0 Å². The lowest BCUT2D eigenvalue weighted by Crippen LogP contribution is -1.95. The number of unbranched alkanes of at least 4 members (excludes halogenated alkanes) is 1. The summed E-state index contributed by atoms with van der Waals surface area (Å²) in [4.78, 5) is 0. The van der Waals surface area contributed by atoms with Gasteiger partial charge >= 0.3 is 0 Å². The maximum Gasteiger partial charge on any atom is 0.122 e. The Morgan fingerprint density at radius 3 is 1.45 bits per heavy atom. The molecule has 20 heavy (non-hydrogen) atoms. The van der Waals surface area contributed by atoms with Crippen LogP contribution < -0.4 is 9.47 Å². The molecule has 0 radical (unpaired) electrons. The second-order valence-electron chi connectivity index (χ2n) is 4.83. The molecule has 2 heteroatoms. The van der Waals surface area contributed by atoms with E-state index in [9.17, 15) is 0 Å². The largest absolute Gasteiger partial charge is 0.496 e. The van der Waals surface area contributed by atoms with E-state index in [-0.39, 0.29) is 0 Å². The first-order valence-corrected chi connectivity index (χ1v) is 7.09. The lowest BCUT2D eigenvalue weighted by molar-refractivity contribution is 0.407. The quantitative estimate of drug-likeness (QED) is 0.699. The summed E-state index contributed by atoms with van der Waals surface area (Å²) in [5, 5.41) is 0. The van der Waals surface area contributed by atoms with Crippen LogP contribution in [0.15, 0.2) is 48.5 Å². The van der Waals surface area contributed by atoms with Gasteiger partial charge in [-0.05, 0) is 48.9 Å². The summed E-state index contributed by atoms with van der Waals surface area (Å²) in [6.45, 7) is 0. The summed E-state index contributed by atoms with van der Waals surface area (Å²) in [5.41, 5.74) is 2.57. The molecule has 0 atom stereocenters. The number of ether oxygens (including phenoxy) is 2. The van der Waals surface area contributed by atoms with Crippen LogP contribution in [0.25, 0.3) is 0 Å². The molecule has 0 bridgehead atoms. The van der Waals surface area contributed by atoms with Crippen LogP contribution in [-0.4, -0.2) is 14.2 Å². The van der Waals surface area contributed by atoms with Gasteiger partial charge in [0.15, 0.2) is 0 Å². The van der Waals surface area contributed by atoms with Crippen LogP contribution in [-0.2, 0) is 12.8 Å². The number of benzene rings is 2. The molecule has 0 saturated carbocycles. The standard InChI is InChI=1S/C18H22O2/c1-19-17-13-7-5-11-15(17)9-3-4-10-16-12-6-8-14-18(16)20-2/h5-8,11-14H,3-4,9-10H2,1-2H3. The molecular weight excluding hydrogens is 248 g/mol. The van der Waals surface area contributed by atoms with Crippen molar-refractivity contribution in [3.63, 3.8) is 0 Å². The van der Waals surface area contributed by atoms with Crippen LogP contribution in [0.5, 0.6) is 11.5 Å². The average molecular weight is 270 g/mol. The number of rotatable bonds is 7. The van der Waals surface area contributed by atoms with Gasteiger partial charge in [-0.1, -0.05) is 36.4 Å². The summed E-state index contributed by atoms with van der Waals surface area (Å²) in [7, 11) is 3.46. The van der Waals surface area contributed by atoms with Gasteiger partial charge in [0.2, 0.25) is 0 Å². The molecule has 0 aliphatic rings. The Bertz CT molecular complexity index is 485. The van der Waals surface area contributed by atoms with Crippen LogP contribution in [0.2, 0.25) is 0 Å². The minimum atomic E-state index is 0.991. The first-order chi connectivity index (χ1) is 9.85. The van der Waals surface area contributed by atoms with E-state index >= 15 is 0 Å². The van der Waals surface area contributed by atoms with Gasteiger partial charge in [-0.2, -0.15) is 0 Å². The van der Waals surface area contributed by atoms with Crippen molar-refractivity contribution in [1.29, 1.82) is 0 Å². The summed E-state index contributed by atoms with van der Waals surface area (Å²) in [6.07, 6.45) is 4.41. The van der Waals surface area contributed by atoms with Gasteiger partial charge in [0.05, 0.1) is 14.2 Å². The topological polar surface area (TPSA) is 18.5 Å². The van der Waals surface area contributed by atoms with E-state index in [0.717, 1.165) is 37.2 Å². The van der Waals surface area contributed by atoms with Gasteiger partial charge in [-0.15, -0.1) is 0 Å². The Morgan fingerprint density at radius 1 is 0.650 bits per heavy atom. The fourth-order valence-corrected chi connectivity index (χ4v) is 2.45. The molecule has 0 aliphatic heterocycles. The van der Waals surface area contributed by atoms with Crippen molar-refractivity contribution in [2.24, 2.45) is 0 Å². The zero-order valence-corrected chi connectivity index (χ0v) is 12.3. The molecular formula is C18H22O2. The van der Waals surface area contributed by atoms with Crippen molar-refractivity contribution in [3.05, 3.63) is 59.7 Å². The first kappa shape index (κ1) is 14.4. The Kier molecular flexibility index (Phi) is 5.48. The van der Waals surface area contributed by atoms with Crippen molar-refractivity contribution >= 4 is 0 Å². The highest BCUT2D eigenvalue weighted by Gasteiger charge is 2.03. The average Bonchev–Trinajstić information content (AvgIpc) is 2.52. The highest BCUT2D eigenvalue weighted by atomic mass is 16.5.